The molecule has 0 radical (unpaired) electrons. The van der Waals surface area contributed by atoms with Crippen LogP contribution < -0.4 is 0 Å². The first-order chi connectivity index (χ1) is 9.27. The summed E-state index contributed by atoms with van der Waals surface area (Å²) in [5.41, 5.74) is 1.67. The average Bonchev–Trinajstić information content (AvgIpc) is 2.65. The summed E-state index contributed by atoms with van der Waals surface area (Å²) in [6, 6.07) is 0. The Bertz CT molecular complexity index is 519. The van der Waals surface area contributed by atoms with E-state index >= 15 is 0 Å². The van der Waals surface area contributed by atoms with Crippen LogP contribution >= 0.6 is 0 Å². The van der Waals surface area contributed by atoms with Crippen LogP contribution in [0.2, 0.25) is 0 Å². The number of aliphatic imine (C=N–C) groups is 1. The van der Waals surface area contributed by atoms with Crippen LogP contribution in [0.1, 0.15) is 20.3 Å². The van der Waals surface area contributed by atoms with Gasteiger partial charge in [0, 0.05) is 18.7 Å². The second-order valence-corrected chi connectivity index (χ2v) is 3.81. The monoisotopic (exact) mass is 253 g/mol. The molecule has 0 bridgehead atoms. The molecule has 0 N–H and O–H groups in total. The molecule has 0 saturated carbocycles. The molecule has 0 spiro atoms. The molecule has 0 fully saturated rings. The van der Waals surface area contributed by atoms with Gasteiger partial charge in [-0.2, -0.15) is 0 Å². The van der Waals surface area contributed by atoms with E-state index in [0.29, 0.717) is 6.61 Å². The van der Waals surface area contributed by atoms with Crippen LogP contribution in [0.5, 0.6) is 0 Å². The molecule has 0 amide bonds. The van der Waals surface area contributed by atoms with Crippen LogP contribution in [0.4, 0.5) is 0 Å². The van der Waals surface area contributed by atoms with Crippen LogP contribution in [0.15, 0.2) is 65.1 Å². The highest BCUT2D eigenvalue weighted by Gasteiger charge is 2.03. The van der Waals surface area contributed by atoms with E-state index in [-0.39, 0.29) is 0 Å². The molecular formula is C17H19NO. The third-order valence-corrected chi connectivity index (χ3v) is 2.35. The first-order valence-corrected chi connectivity index (χ1v) is 6.23. The van der Waals surface area contributed by atoms with Crippen LogP contribution in [-0.4, -0.2) is 12.8 Å². The van der Waals surface area contributed by atoms with Gasteiger partial charge in [-0.1, -0.05) is 36.8 Å². The summed E-state index contributed by atoms with van der Waals surface area (Å²) in [6.45, 7) is 8.17. The molecule has 0 aromatic heterocycles. The zero-order valence-corrected chi connectivity index (χ0v) is 11.5. The third-order valence-electron chi connectivity index (χ3n) is 2.35. The summed E-state index contributed by atoms with van der Waals surface area (Å²) in [6.07, 6.45) is 14.3. The van der Waals surface area contributed by atoms with E-state index in [1.165, 1.54) is 0 Å². The molecule has 0 unspecified atom stereocenters. The number of ether oxygens (including phenoxy) is 1. The summed E-state index contributed by atoms with van der Waals surface area (Å²) < 4.78 is 5.56. The Labute approximate surface area is 115 Å². The highest BCUT2D eigenvalue weighted by Crippen LogP contribution is 2.17. The molecule has 2 nitrogen and oxygen atoms in total. The van der Waals surface area contributed by atoms with Crippen molar-refractivity contribution in [1.29, 1.82) is 0 Å². The van der Waals surface area contributed by atoms with Crippen molar-refractivity contribution in [3.63, 3.8) is 0 Å². The van der Waals surface area contributed by atoms with Gasteiger partial charge in [0.25, 0.3) is 0 Å². The normalized spacial score (nSPS) is 14.6. The minimum Gasteiger partial charge on any atom is -0.481 e. The van der Waals surface area contributed by atoms with Gasteiger partial charge in [0.1, 0.15) is 12.4 Å². The molecule has 1 aliphatic heterocycles. The Kier molecular flexibility index (Phi) is 6.82. The van der Waals surface area contributed by atoms with Gasteiger partial charge in [-0.3, -0.25) is 4.99 Å². The van der Waals surface area contributed by atoms with Crippen molar-refractivity contribution in [2.24, 2.45) is 4.99 Å². The lowest BCUT2D eigenvalue weighted by atomic mass is 10.2. The highest BCUT2D eigenvalue weighted by atomic mass is 16.5. The fourth-order valence-corrected chi connectivity index (χ4v) is 1.39. The van der Waals surface area contributed by atoms with Crippen LogP contribution in [-0.2, 0) is 4.74 Å². The van der Waals surface area contributed by atoms with Gasteiger partial charge in [-0.15, -0.1) is 5.92 Å². The second-order valence-electron chi connectivity index (χ2n) is 3.81. The standard InChI is InChI=1S/C17H19NO/c1-4-6-8-10-15(3)17-14-16(11-9-12-18-17)19-13-7-5-2/h4,6,8,10-12,14H,3,9,13H2,1-2H3/b6-4-,10-8-. The molecule has 0 atom stereocenters. The molecule has 0 aromatic rings. The van der Waals surface area contributed by atoms with E-state index in [2.05, 4.69) is 23.4 Å². The Morgan fingerprint density at radius 2 is 2.37 bits per heavy atom. The van der Waals surface area contributed by atoms with Crippen molar-refractivity contribution >= 4 is 6.21 Å². The number of allylic oxidation sites excluding steroid dienone is 6. The van der Waals surface area contributed by atoms with Gasteiger partial charge in [0.15, 0.2) is 0 Å². The SMILES string of the molecule is C=C(/C=C\C=C/C)C1=CC(OCC#CC)=CCC=N1. The average molecular weight is 253 g/mol. The fraction of sp³-hybridized carbons (Fsp3) is 0.235. The van der Waals surface area contributed by atoms with E-state index in [1.807, 2.05) is 49.6 Å². The molecular weight excluding hydrogens is 234 g/mol. The van der Waals surface area contributed by atoms with E-state index in [9.17, 15) is 0 Å². The molecule has 1 aliphatic rings. The van der Waals surface area contributed by atoms with E-state index in [1.54, 1.807) is 6.92 Å². The summed E-state index contributed by atoms with van der Waals surface area (Å²) >= 11 is 0. The lowest BCUT2D eigenvalue weighted by Gasteiger charge is -2.04. The van der Waals surface area contributed by atoms with Crippen molar-refractivity contribution in [2.75, 3.05) is 6.61 Å². The first kappa shape index (κ1) is 14.8. The molecule has 2 heteroatoms. The van der Waals surface area contributed by atoms with Crippen molar-refractivity contribution in [1.82, 2.24) is 0 Å². The van der Waals surface area contributed by atoms with Crippen LogP contribution in [0, 0.1) is 11.8 Å². The zero-order chi connectivity index (χ0) is 13.9. The van der Waals surface area contributed by atoms with E-state index in [0.717, 1.165) is 23.5 Å². The van der Waals surface area contributed by atoms with Gasteiger partial charge in [0.05, 0.1) is 5.70 Å². The Morgan fingerprint density at radius 3 is 3.11 bits per heavy atom. The molecule has 19 heavy (non-hydrogen) atoms. The largest absolute Gasteiger partial charge is 0.481 e. The lowest BCUT2D eigenvalue weighted by molar-refractivity contribution is 0.266. The molecule has 1 rings (SSSR count). The predicted octanol–water partition coefficient (Wildman–Crippen LogP) is 3.96. The maximum Gasteiger partial charge on any atom is 0.149 e. The van der Waals surface area contributed by atoms with Crippen LogP contribution in [0.25, 0.3) is 0 Å². The van der Waals surface area contributed by atoms with Crippen molar-refractivity contribution < 1.29 is 4.74 Å². The van der Waals surface area contributed by atoms with Gasteiger partial charge in [0.2, 0.25) is 0 Å². The van der Waals surface area contributed by atoms with E-state index in [4.69, 9.17) is 4.74 Å². The second kappa shape index (κ2) is 8.77. The van der Waals surface area contributed by atoms with Gasteiger partial charge < -0.3 is 4.74 Å². The van der Waals surface area contributed by atoms with Crippen molar-refractivity contribution in [3.05, 3.63) is 60.1 Å². The fourth-order valence-electron chi connectivity index (χ4n) is 1.39. The molecule has 0 aliphatic carbocycles. The van der Waals surface area contributed by atoms with E-state index < -0.39 is 0 Å². The Morgan fingerprint density at radius 1 is 1.53 bits per heavy atom. The predicted molar refractivity (Wildman–Crippen MR) is 81.8 cm³/mol. The zero-order valence-electron chi connectivity index (χ0n) is 11.5. The maximum absolute atomic E-state index is 5.56. The van der Waals surface area contributed by atoms with Gasteiger partial charge in [-0.05, 0) is 25.5 Å². The Hall–Kier alpha value is -2.27. The summed E-state index contributed by atoms with van der Waals surface area (Å²) in [7, 11) is 0. The summed E-state index contributed by atoms with van der Waals surface area (Å²) in [5.74, 6) is 6.46. The third kappa shape index (κ3) is 5.74. The minimum absolute atomic E-state index is 0.396. The first-order valence-electron chi connectivity index (χ1n) is 6.23. The highest BCUT2D eigenvalue weighted by molar-refractivity contribution is 5.65. The minimum atomic E-state index is 0.396. The molecule has 1 heterocycles. The molecule has 0 aromatic carbocycles. The van der Waals surface area contributed by atoms with Crippen molar-refractivity contribution in [3.8, 4) is 11.8 Å². The number of nitrogens with zero attached hydrogens (tertiary/aromatic N) is 1. The number of rotatable bonds is 5. The van der Waals surface area contributed by atoms with Crippen molar-refractivity contribution in [2.45, 2.75) is 20.3 Å². The van der Waals surface area contributed by atoms with Gasteiger partial charge >= 0.3 is 0 Å². The van der Waals surface area contributed by atoms with Gasteiger partial charge in [-0.25, -0.2) is 0 Å². The number of hydrogen-bond acceptors (Lipinski definition) is 2. The lowest BCUT2D eigenvalue weighted by Crippen LogP contribution is -1.91. The molecule has 98 valence electrons. The summed E-state index contributed by atoms with van der Waals surface area (Å²) in [5, 5.41) is 0. The topological polar surface area (TPSA) is 21.6 Å². The smallest absolute Gasteiger partial charge is 0.149 e. The Balaban J connectivity index is 2.76. The number of hydrogen-bond donors (Lipinski definition) is 0. The van der Waals surface area contributed by atoms with Crippen LogP contribution in [0.3, 0.4) is 0 Å². The quantitative estimate of drug-likeness (QED) is 0.537. The maximum atomic E-state index is 5.56. The summed E-state index contributed by atoms with van der Waals surface area (Å²) in [4.78, 5) is 4.37. The molecule has 0 saturated heterocycles.